The van der Waals surface area contributed by atoms with E-state index in [2.05, 4.69) is 43.1 Å². The molecule has 2 heterocycles. The van der Waals surface area contributed by atoms with Crippen molar-refractivity contribution >= 4 is 40.5 Å². The monoisotopic (exact) mass is 439 g/mol. The highest BCUT2D eigenvalue weighted by Gasteiger charge is 2.06. The molecule has 0 bridgehead atoms. The Morgan fingerprint density at radius 2 is 1.48 bits per heavy atom. The molecular weight excluding hydrogens is 414 g/mol. The van der Waals surface area contributed by atoms with E-state index in [0.717, 1.165) is 34.7 Å². The molecular formula is C25H25N7O. The first-order chi connectivity index (χ1) is 16.1. The van der Waals surface area contributed by atoms with Crippen LogP contribution in [0.3, 0.4) is 0 Å². The van der Waals surface area contributed by atoms with Gasteiger partial charge in [0.1, 0.15) is 23.8 Å². The zero-order valence-electron chi connectivity index (χ0n) is 18.5. The van der Waals surface area contributed by atoms with E-state index in [1.165, 1.54) is 6.33 Å². The van der Waals surface area contributed by atoms with E-state index < -0.39 is 0 Å². The van der Waals surface area contributed by atoms with Gasteiger partial charge in [0.2, 0.25) is 0 Å². The quantitative estimate of drug-likeness (QED) is 0.287. The molecule has 33 heavy (non-hydrogen) atoms. The van der Waals surface area contributed by atoms with Gasteiger partial charge < -0.3 is 21.3 Å². The van der Waals surface area contributed by atoms with Gasteiger partial charge in [-0.25, -0.2) is 19.7 Å². The lowest BCUT2D eigenvalue weighted by molar-refractivity contribution is 0.262. The Hall–Kier alpha value is -4.46. The summed E-state index contributed by atoms with van der Waals surface area (Å²) in [6.07, 6.45) is 4.07. The van der Waals surface area contributed by atoms with Crippen LogP contribution in [0.15, 0.2) is 79.3 Å². The summed E-state index contributed by atoms with van der Waals surface area (Å²) in [6, 6.07) is 20.5. The Morgan fingerprint density at radius 3 is 2.24 bits per heavy atom. The van der Waals surface area contributed by atoms with Gasteiger partial charge in [-0.2, -0.15) is 0 Å². The first kappa shape index (κ1) is 21.8. The van der Waals surface area contributed by atoms with Crippen LogP contribution in [0, 0.1) is 6.92 Å². The molecule has 2 amide bonds. The molecule has 2 aromatic carbocycles. The van der Waals surface area contributed by atoms with Crippen LogP contribution in [0.1, 0.15) is 18.1 Å². The molecule has 166 valence electrons. The molecule has 4 rings (SSSR count). The maximum Gasteiger partial charge on any atom is 0.323 e. The summed E-state index contributed by atoms with van der Waals surface area (Å²) < 4.78 is 0. The van der Waals surface area contributed by atoms with Gasteiger partial charge in [0, 0.05) is 29.3 Å². The number of nitrogens with zero attached hydrogens (tertiary/aromatic N) is 3. The number of nitrogens with one attached hydrogen (secondary N) is 4. The number of carbonyl (C=O) groups excluding carboxylic acids is 1. The Bertz CT molecular complexity index is 1240. The smallest absolute Gasteiger partial charge is 0.323 e. The zero-order chi connectivity index (χ0) is 23.0. The van der Waals surface area contributed by atoms with Crippen molar-refractivity contribution in [3.63, 3.8) is 0 Å². The summed E-state index contributed by atoms with van der Waals surface area (Å²) in [4.78, 5) is 25.2. The van der Waals surface area contributed by atoms with E-state index in [-0.39, 0.29) is 6.03 Å². The number of hydrogen-bond donors (Lipinski definition) is 4. The van der Waals surface area contributed by atoms with Gasteiger partial charge in [-0.3, -0.25) is 0 Å². The molecule has 4 N–H and O–H groups in total. The molecule has 0 spiro atoms. The molecule has 0 aliphatic rings. The van der Waals surface area contributed by atoms with Crippen LogP contribution < -0.4 is 21.3 Å². The van der Waals surface area contributed by atoms with E-state index in [1.807, 2.05) is 67.6 Å². The van der Waals surface area contributed by atoms with Crippen LogP contribution >= 0.6 is 0 Å². The second-order valence-electron chi connectivity index (χ2n) is 7.42. The van der Waals surface area contributed by atoms with Crippen molar-refractivity contribution in [3.05, 3.63) is 90.4 Å². The second-order valence-corrected chi connectivity index (χ2v) is 7.42. The van der Waals surface area contributed by atoms with Crippen molar-refractivity contribution in [2.75, 3.05) is 21.3 Å². The number of rotatable bonds is 7. The Balaban J connectivity index is 1.36. The van der Waals surface area contributed by atoms with E-state index in [9.17, 15) is 4.79 Å². The van der Waals surface area contributed by atoms with E-state index in [4.69, 9.17) is 0 Å². The third kappa shape index (κ3) is 6.04. The number of para-hydroxylation sites is 1. The lowest BCUT2D eigenvalue weighted by atomic mass is 10.1. The minimum absolute atomic E-state index is 0.284. The molecule has 8 nitrogen and oxygen atoms in total. The zero-order valence-corrected chi connectivity index (χ0v) is 18.5. The molecule has 0 aliphatic carbocycles. The van der Waals surface area contributed by atoms with E-state index >= 15 is 0 Å². The normalized spacial score (nSPS) is 10.4. The molecule has 0 aliphatic heterocycles. The standard InChI is InChI=1S/C25H25N7O/c1-3-18-6-4-5-7-21(18)31-25(33)30-20-10-8-19(9-11-20)29-23-15-24(28-16-27-23)32-22-14-17(2)12-13-26-22/h4-16H,3H2,1-2H3,(H2,30,31,33)(H2,26,27,28,29,32). The van der Waals surface area contributed by atoms with Gasteiger partial charge in [0.15, 0.2) is 0 Å². The Morgan fingerprint density at radius 1 is 0.788 bits per heavy atom. The summed E-state index contributed by atoms with van der Waals surface area (Å²) in [5.41, 5.74) is 4.52. The van der Waals surface area contributed by atoms with Crippen molar-refractivity contribution in [2.45, 2.75) is 20.3 Å². The van der Waals surface area contributed by atoms with E-state index in [1.54, 1.807) is 12.3 Å². The van der Waals surface area contributed by atoms with Crippen LogP contribution in [-0.4, -0.2) is 21.0 Å². The lowest BCUT2D eigenvalue weighted by Crippen LogP contribution is -2.20. The van der Waals surface area contributed by atoms with Gasteiger partial charge in [0.25, 0.3) is 0 Å². The molecule has 0 radical (unpaired) electrons. The van der Waals surface area contributed by atoms with Crippen molar-refractivity contribution in [1.29, 1.82) is 0 Å². The number of benzene rings is 2. The number of hydrogen-bond acceptors (Lipinski definition) is 6. The number of aryl methyl sites for hydroxylation is 2. The number of anilines is 6. The van der Waals surface area contributed by atoms with Crippen molar-refractivity contribution in [1.82, 2.24) is 15.0 Å². The minimum Gasteiger partial charge on any atom is -0.340 e. The number of carbonyl (C=O) groups is 1. The predicted octanol–water partition coefficient (Wildman–Crippen LogP) is 5.87. The first-order valence-electron chi connectivity index (χ1n) is 10.6. The summed E-state index contributed by atoms with van der Waals surface area (Å²) in [5, 5.41) is 12.2. The number of amides is 2. The van der Waals surface area contributed by atoms with Crippen LogP contribution in [0.5, 0.6) is 0 Å². The first-order valence-corrected chi connectivity index (χ1v) is 10.6. The fourth-order valence-corrected chi connectivity index (χ4v) is 3.25. The van der Waals surface area contributed by atoms with Crippen LogP contribution in [0.25, 0.3) is 0 Å². The van der Waals surface area contributed by atoms with Gasteiger partial charge in [-0.1, -0.05) is 25.1 Å². The summed E-state index contributed by atoms with van der Waals surface area (Å²) in [5.74, 6) is 1.98. The number of urea groups is 1. The fourth-order valence-electron chi connectivity index (χ4n) is 3.25. The summed E-state index contributed by atoms with van der Waals surface area (Å²) in [7, 11) is 0. The average Bonchev–Trinajstić information content (AvgIpc) is 2.81. The van der Waals surface area contributed by atoms with Crippen LogP contribution in [0.2, 0.25) is 0 Å². The topological polar surface area (TPSA) is 104 Å². The molecule has 0 saturated heterocycles. The SMILES string of the molecule is CCc1ccccc1NC(=O)Nc1ccc(Nc2cc(Nc3cc(C)ccn3)ncn2)cc1. The number of pyridine rings is 1. The highest BCUT2D eigenvalue weighted by Crippen LogP contribution is 2.21. The third-order valence-corrected chi connectivity index (χ3v) is 4.90. The molecule has 4 aromatic rings. The molecule has 0 saturated carbocycles. The Labute approximate surface area is 192 Å². The predicted molar refractivity (Wildman–Crippen MR) is 132 cm³/mol. The summed E-state index contributed by atoms with van der Waals surface area (Å²) >= 11 is 0. The maximum absolute atomic E-state index is 12.4. The van der Waals surface area contributed by atoms with Crippen molar-refractivity contribution < 1.29 is 4.79 Å². The maximum atomic E-state index is 12.4. The second kappa shape index (κ2) is 10.2. The average molecular weight is 440 g/mol. The Kier molecular flexibility index (Phi) is 6.75. The van der Waals surface area contributed by atoms with Gasteiger partial charge in [-0.15, -0.1) is 0 Å². The van der Waals surface area contributed by atoms with E-state index in [0.29, 0.717) is 17.3 Å². The third-order valence-electron chi connectivity index (χ3n) is 4.90. The van der Waals surface area contributed by atoms with Gasteiger partial charge >= 0.3 is 6.03 Å². The van der Waals surface area contributed by atoms with Gasteiger partial charge in [0.05, 0.1) is 0 Å². The van der Waals surface area contributed by atoms with Crippen LogP contribution in [-0.2, 0) is 6.42 Å². The number of aromatic nitrogens is 3. The van der Waals surface area contributed by atoms with Crippen molar-refractivity contribution in [2.24, 2.45) is 0 Å². The van der Waals surface area contributed by atoms with Gasteiger partial charge in [-0.05, 0) is 66.9 Å². The highest BCUT2D eigenvalue weighted by atomic mass is 16.2. The lowest BCUT2D eigenvalue weighted by Gasteiger charge is -2.12. The molecule has 2 aromatic heterocycles. The molecule has 0 atom stereocenters. The van der Waals surface area contributed by atoms with Crippen molar-refractivity contribution in [3.8, 4) is 0 Å². The largest absolute Gasteiger partial charge is 0.340 e. The molecule has 0 fully saturated rings. The minimum atomic E-state index is -0.284. The van der Waals surface area contributed by atoms with Crippen LogP contribution in [0.4, 0.5) is 39.3 Å². The fraction of sp³-hybridized carbons (Fsp3) is 0.120. The molecule has 0 unspecified atom stereocenters. The highest BCUT2D eigenvalue weighted by molar-refractivity contribution is 6.00. The summed E-state index contributed by atoms with van der Waals surface area (Å²) in [6.45, 7) is 4.06. The molecule has 8 heteroatoms.